The molecule has 0 saturated carbocycles. The Morgan fingerprint density at radius 2 is 2.14 bits per heavy atom. The second kappa shape index (κ2) is 4.62. The highest BCUT2D eigenvalue weighted by Crippen LogP contribution is 2.22. The van der Waals surface area contributed by atoms with Gasteiger partial charge in [0.2, 0.25) is 5.91 Å². The van der Waals surface area contributed by atoms with Crippen LogP contribution in [0.3, 0.4) is 0 Å². The molecule has 2 aliphatic heterocycles. The van der Waals surface area contributed by atoms with Crippen LogP contribution in [0.4, 0.5) is 0 Å². The highest BCUT2D eigenvalue weighted by Gasteiger charge is 2.29. The highest BCUT2D eigenvalue weighted by atomic mass is 79.9. The standard InChI is InChI=1S/C10H16BrNO2/c11-9-5-10(13)12(7-9)6-8-1-3-14-4-2-8/h8-9H,1-7H2. The van der Waals surface area contributed by atoms with Gasteiger partial charge in [0, 0.05) is 37.6 Å². The number of likely N-dealkylation sites (tertiary alicyclic amines) is 1. The second-order valence-electron chi connectivity index (χ2n) is 4.16. The van der Waals surface area contributed by atoms with Crippen molar-refractivity contribution >= 4 is 21.8 Å². The molecule has 1 amide bonds. The minimum absolute atomic E-state index is 0.304. The summed E-state index contributed by atoms with van der Waals surface area (Å²) in [5, 5.41) is 0. The smallest absolute Gasteiger partial charge is 0.223 e. The molecule has 0 aromatic carbocycles. The molecule has 4 heteroatoms. The van der Waals surface area contributed by atoms with Crippen molar-refractivity contribution in [2.45, 2.75) is 24.1 Å². The largest absolute Gasteiger partial charge is 0.381 e. The molecule has 0 aromatic heterocycles. The molecule has 2 fully saturated rings. The predicted octanol–water partition coefficient (Wildman–Crippen LogP) is 1.41. The Labute approximate surface area is 92.9 Å². The van der Waals surface area contributed by atoms with Crippen LogP contribution in [-0.2, 0) is 9.53 Å². The monoisotopic (exact) mass is 261 g/mol. The SMILES string of the molecule is O=C1CC(Br)CN1CC1CCOCC1. The number of hydrogen-bond donors (Lipinski definition) is 0. The van der Waals surface area contributed by atoms with E-state index in [0.717, 1.165) is 39.1 Å². The van der Waals surface area contributed by atoms with Crippen LogP contribution >= 0.6 is 15.9 Å². The molecule has 0 N–H and O–H groups in total. The van der Waals surface area contributed by atoms with Gasteiger partial charge in [-0.2, -0.15) is 0 Å². The number of ether oxygens (including phenoxy) is 1. The number of amides is 1. The highest BCUT2D eigenvalue weighted by molar-refractivity contribution is 9.09. The number of nitrogens with zero attached hydrogens (tertiary/aromatic N) is 1. The summed E-state index contributed by atoms with van der Waals surface area (Å²) in [5.41, 5.74) is 0. The third kappa shape index (κ3) is 2.48. The van der Waals surface area contributed by atoms with Crippen LogP contribution < -0.4 is 0 Å². The van der Waals surface area contributed by atoms with Gasteiger partial charge < -0.3 is 9.64 Å². The van der Waals surface area contributed by atoms with Crippen LogP contribution in [0.25, 0.3) is 0 Å². The lowest BCUT2D eigenvalue weighted by Crippen LogP contribution is -2.33. The van der Waals surface area contributed by atoms with E-state index in [1.54, 1.807) is 0 Å². The topological polar surface area (TPSA) is 29.5 Å². The maximum atomic E-state index is 11.5. The van der Waals surface area contributed by atoms with Crippen molar-refractivity contribution < 1.29 is 9.53 Å². The fourth-order valence-electron chi connectivity index (χ4n) is 2.14. The van der Waals surface area contributed by atoms with Gasteiger partial charge in [0.05, 0.1) is 0 Å². The van der Waals surface area contributed by atoms with Crippen LogP contribution in [0.5, 0.6) is 0 Å². The maximum Gasteiger partial charge on any atom is 0.223 e. The van der Waals surface area contributed by atoms with Crippen LogP contribution in [0.2, 0.25) is 0 Å². The van der Waals surface area contributed by atoms with Crippen LogP contribution in [0.1, 0.15) is 19.3 Å². The van der Waals surface area contributed by atoms with Gasteiger partial charge in [-0.05, 0) is 18.8 Å². The number of alkyl halides is 1. The molecule has 3 nitrogen and oxygen atoms in total. The maximum absolute atomic E-state index is 11.5. The average Bonchev–Trinajstić information content (AvgIpc) is 2.47. The van der Waals surface area contributed by atoms with Crippen LogP contribution in [-0.4, -0.2) is 41.9 Å². The molecule has 0 bridgehead atoms. The third-order valence-corrected chi connectivity index (χ3v) is 3.60. The summed E-state index contributed by atoms with van der Waals surface area (Å²) >= 11 is 3.50. The average molecular weight is 262 g/mol. The van der Waals surface area contributed by atoms with Crippen molar-refractivity contribution in [3.8, 4) is 0 Å². The van der Waals surface area contributed by atoms with Crippen molar-refractivity contribution in [2.75, 3.05) is 26.3 Å². The molecule has 0 radical (unpaired) electrons. The van der Waals surface area contributed by atoms with E-state index in [1.807, 2.05) is 4.90 Å². The molecule has 2 rings (SSSR count). The van der Waals surface area contributed by atoms with E-state index >= 15 is 0 Å². The Balaban J connectivity index is 1.81. The van der Waals surface area contributed by atoms with Crippen molar-refractivity contribution in [1.29, 1.82) is 0 Å². The van der Waals surface area contributed by atoms with E-state index in [-0.39, 0.29) is 0 Å². The second-order valence-corrected chi connectivity index (χ2v) is 5.45. The van der Waals surface area contributed by atoms with E-state index in [0.29, 0.717) is 23.1 Å². The van der Waals surface area contributed by atoms with E-state index in [1.165, 1.54) is 0 Å². The zero-order valence-electron chi connectivity index (χ0n) is 8.25. The summed E-state index contributed by atoms with van der Waals surface area (Å²) < 4.78 is 5.30. The number of hydrogen-bond acceptors (Lipinski definition) is 2. The van der Waals surface area contributed by atoms with Gasteiger partial charge in [0.15, 0.2) is 0 Å². The van der Waals surface area contributed by atoms with Gasteiger partial charge in [-0.15, -0.1) is 0 Å². The fraction of sp³-hybridized carbons (Fsp3) is 0.900. The normalized spacial score (nSPS) is 29.9. The van der Waals surface area contributed by atoms with Crippen molar-refractivity contribution in [3.63, 3.8) is 0 Å². The van der Waals surface area contributed by atoms with Gasteiger partial charge in [-0.1, -0.05) is 15.9 Å². The van der Waals surface area contributed by atoms with E-state index in [2.05, 4.69) is 15.9 Å². The summed E-state index contributed by atoms with van der Waals surface area (Å²) in [6.07, 6.45) is 2.89. The van der Waals surface area contributed by atoms with Crippen molar-refractivity contribution in [3.05, 3.63) is 0 Å². The van der Waals surface area contributed by atoms with Crippen molar-refractivity contribution in [1.82, 2.24) is 4.90 Å². The molecule has 0 aromatic rings. The quantitative estimate of drug-likeness (QED) is 0.704. The molecule has 2 heterocycles. The van der Waals surface area contributed by atoms with Gasteiger partial charge >= 0.3 is 0 Å². The number of rotatable bonds is 2. The predicted molar refractivity (Wildman–Crippen MR) is 57.5 cm³/mol. The van der Waals surface area contributed by atoms with Gasteiger partial charge in [-0.3, -0.25) is 4.79 Å². The minimum Gasteiger partial charge on any atom is -0.381 e. The fourth-order valence-corrected chi connectivity index (χ4v) is 2.77. The lowest BCUT2D eigenvalue weighted by molar-refractivity contribution is -0.128. The third-order valence-electron chi connectivity index (χ3n) is 2.99. The van der Waals surface area contributed by atoms with Gasteiger partial charge in [0.25, 0.3) is 0 Å². The molecule has 2 saturated heterocycles. The molecule has 0 spiro atoms. The number of carbonyl (C=O) groups excluding carboxylic acids is 1. The summed E-state index contributed by atoms with van der Waals surface area (Å²) in [5.74, 6) is 0.962. The summed E-state index contributed by atoms with van der Waals surface area (Å²) in [6.45, 7) is 3.55. The van der Waals surface area contributed by atoms with Gasteiger partial charge in [-0.25, -0.2) is 0 Å². The molecule has 80 valence electrons. The molecule has 1 atom stereocenters. The van der Waals surface area contributed by atoms with Crippen LogP contribution in [0, 0.1) is 5.92 Å². The molecular formula is C10H16BrNO2. The summed E-state index contributed by atoms with van der Waals surface area (Å²) in [6, 6.07) is 0. The molecular weight excluding hydrogens is 246 g/mol. The first-order valence-electron chi connectivity index (χ1n) is 5.25. The zero-order valence-corrected chi connectivity index (χ0v) is 9.83. The molecule has 1 unspecified atom stereocenters. The Bertz CT molecular complexity index is 216. The molecule has 14 heavy (non-hydrogen) atoms. The Morgan fingerprint density at radius 3 is 2.71 bits per heavy atom. The number of halogens is 1. The Kier molecular flexibility index (Phi) is 3.44. The zero-order chi connectivity index (χ0) is 9.97. The summed E-state index contributed by atoms with van der Waals surface area (Å²) in [4.78, 5) is 13.9. The van der Waals surface area contributed by atoms with E-state index in [9.17, 15) is 4.79 Å². The first-order chi connectivity index (χ1) is 6.75. The molecule has 2 aliphatic rings. The lowest BCUT2D eigenvalue weighted by Gasteiger charge is -2.26. The Hall–Kier alpha value is -0.0900. The Morgan fingerprint density at radius 1 is 1.43 bits per heavy atom. The number of carbonyl (C=O) groups is 1. The van der Waals surface area contributed by atoms with Gasteiger partial charge in [0.1, 0.15) is 0 Å². The van der Waals surface area contributed by atoms with E-state index < -0.39 is 0 Å². The minimum atomic E-state index is 0.304. The van der Waals surface area contributed by atoms with E-state index in [4.69, 9.17) is 4.74 Å². The summed E-state index contributed by atoms with van der Waals surface area (Å²) in [7, 11) is 0. The van der Waals surface area contributed by atoms with Crippen LogP contribution in [0.15, 0.2) is 0 Å². The lowest BCUT2D eigenvalue weighted by atomic mass is 10.00. The first kappa shape index (κ1) is 10.4. The van der Waals surface area contributed by atoms with Crippen molar-refractivity contribution in [2.24, 2.45) is 5.92 Å². The first-order valence-corrected chi connectivity index (χ1v) is 6.17. The molecule has 0 aliphatic carbocycles.